The molecule has 0 unspecified atom stereocenters. The summed E-state index contributed by atoms with van der Waals surface area (Å²) in [6, 6.07) is 15.2. The van der Waals surface area contributed by atoms with Gasteiger partial charge in [0, 0.05) is 28.5 Å². The third-order valence-electron chi connectivity index (χ3n) is 3.02. The van der Waals surface area contributed by atoms with Crippen molar-refractivity contribution in [1.29, 1.82) is 0 Å². The number of nitrogens with zero attached hydrogens (tertiary/aromatic N) is 1. The van der Waals surface area contributed by atoms with Crippen molar-refractivity contribution in [2.45, 2.75) is 11.3 Å². The van der Waals surface area contributed by atoms with E-state index in [2.05, 4.69) is 5.32 Å². The van der Waals surface area contributed by atoms with Crippen LogP contribution in [0.2, 0.25) is 0 Å². The van der Waals surface area contributed by atoms with Crippen molar-refractivity contribution in [3.05, 3.63) is 64.7 Å². The van der Waals surface area contributed by atoms with Crippen LogP contribution in [0, 0.1) is 10.1 Å². The molecule has 0 aromatic heterocycles. The summed E-state index contributed by atoms with van der Waals surface area (Å²) in [6.45, 7) is -0.433. The minimum atomic E-state index is -0.555. The summed E-state index contributed by atoms with van der Waals surface area (Å²) in [4.78, 5) is 34.5. The van der Waals surface area contributed by atoms with E-state index in [1.165, 1.54) is 36.0 Å². The maximum Gasteiger partial charge on any atom is 0.307 e. The lowest BCUT2D eigenvalue weighted by Gasteiger charge is -2.06. The van der Waals surface area contributed by atoms with Gasteiger partial charge in [0.25, 0.3) is 11.6 Å². The minimum Gasteiger partial charge on any atom is -0.456 e. The molecule has 0 saturated heterocycles. The number of nitro benzene ring substituents is 1. The van der Waals surface area contributed by atoms with Crippen molar-refractivity contribution < 1.29 is 19.2 Å². The number of rotatable bonds is 8. The molecule has 0 aliphatic carbocycles. The van der Waals surface area contributed by atoms with Crippen LogP contribution in [-0.2, 0) is 14.3 Å². The molecule has 0 aliphatic rings. The van der Waals surface area contributed by atoms with Crippen molar-refractivity contribution in [2.24, 2.45) is 0 Å². The highest BCUT2D eigenvalue weighted by Crippen LogP contribution is 2.18. The van der Waals surface area contributed by atoms with Gasteiger partial charge in [0.1, 0.15) is 0 Å². The molecule has 2 rings (SSSR count). The number of esters is 1. The molecule has 2 aromatic carbocycles. The van der Waals surface area contributed by atoms with E-state index in [0.29, 0.717) is 5.75 Å². The van der Waals surface area contributed by atoms with Gasteiger partial charge in [-0.2, -0.15) is 0 Å². The van der Waals surface area contributed by atoms with Gasteiger partial charge in [-0.1, -0.05) is 24.3 Å². The molecule has 0 atom stereocenters. The molecule has 0 spiro atoms. The molecule has 0 fully saturated rings. The van der Waals surface area contributed by atoms with E-state index < -0.39 is 23.4 Å². The van der Waals surface area contributed by atoms with Gasteiger partial charge in [0.2, 0.25) is 0 Å². The fourth-order valence-electron chi connectivity index (χ4n) is 1.88. The van der Waals surface area contributed by atoms with Crippen LogP contribution in [0.1, 0.15) is 6.42 Å². The summed E-state index contributed by atoms with van der Waals surface area (Å²) < 4.78 is 4.89. The fraction of sp³-hybridized carbons (Fsp3) is 0.176. The number of nitrogens with one attached hydrogen (secondary N) is 1. The van der Waals surface area contributed by atoms with E-state index in [9.17, 15) is 19.7 Å². The Kier molecular flexibility index (Phi) is 6.97. The van der Waals surface area contributed by atoms with Crippen LogP contribution in [0.4, 0.5) is 11.4 Å². The second kappa shape index (κ2) is 9.43. The average Bonchev–Trinajstić information content (AvgIpc) is 2.61. The molecule has 130 valence electrons. The molecule has 1 amide bonds. The van der Waals surface area contributed by atoms with E-state index in [1.807, 2.05) is 30.3 Å². The maximum absolute atomic E-state index is 11.7. The van der Waals surface area contributed by atoms with Gasteiger partial charge < -0.3 is 10.1 Å². The highest BCUT2D eigenvalue weighted by atomic mass is 32.2. The summed E-state index contributed by atoms with van der Waals surface area (Å²) in [5.41, 5.74) is 0.141. The third-order valence-corrected chi connectivity index (χ3v) is 4.04. The zero-order chi connectivity index (χ0) is 18.1. The molecule has 0 bridgehead atoms. The van der Waals surface area contributed by atoms with Gasteiger partial charge >= 0.3 is 5.97 Å². The van der Waals surface area contributed by atoms with Crippen molar-refractivity contribution in [3.8, 4) is 0 Å². The Morgan fingerprint density at radius 3 is 2.60 bits per heavy atom. The van der Waals surface area contributed by atoms with Crippen molar-refractivity contribution >= 4 is 35.0 Å². The highest BCUT2D eigenvalue weighted by molar-refractivity contribution is 7.99. The number of carbonyl (C=O) groups is 2. The Balaban J connectivity index is 1.69. The monoisotopic (exact) mass is 360 g/mol. The van der Waals surface area contributed by atoms with Gasteiger partial charge in [-0.15, -0.1) is 11.8 Å². The molecule has 2 aromatic rings. The standard InChI is InChI=1S/C17H16N2O5S/c20-16(18-13-5-4-6-14(11-13)19(22)23)12-24-17(21)9-10-25-15-7-2-1-3-8-15/h1-8,11H,9-10,12H2,(H,18,20). The number of hydrogen-bond acceptors (Lipinski definition) is 6. The van der Waals surface area contributed by atoms with Gasteiger partial charge in [-0.3, -0.25) is 19.7 Å². The Labute approximate surface area is 148 Å². The van der Waals surface area contributed by atoms with Crippen LogP contribution in [0.15, 0.2) is 59.5 Å². The van der Waals surface area contributed by atoms with Gasteiger partial charge in [0.05, 0.1) is 11.3 Å². The second-order valence-corrected chi connectivity index (χ2v) is 6.10. The molecule has 0 radical (unpaired) electrons. The Morgan fingerprint density at radius 1 is 1.12 bits per heavy atom. The third kappa shape index (κ3) is 6.64. The van der Waals surface area contributed by atoms with E-state index >= 15 is 0 Å². The Morgan fingerprint density at radius 2 is 1.88 bits per heavy atom. The highest BCUT2D eigenvalue weighted by Gasteiger charge is 2.10. The zero-order valence-electron chi connectivity index (χ0n) is 13.2. The lowest BCUT2D eigenvalue weighted by molar-refractivity contribution is -0.384. The van der Waals surface area contributed by atoms with Crippen LogP contribution < -0.4 is 5.32 Å². The van der Waals surface area contributed by atoms with Crippen molar-refractivity contribution in [2.75, 3.05) is 17.7 Å². The average molecular weight is 360 g/mol. The first kappa shape index (κ1) is 18.5. The summed E-state index contributed by atoms with van der Waals surface area (Å²) in [6.07, 6.45) is 0.184. The first-order chi connectivity index (χ1) is 12.0. The number of amides is 1. The predicted molar refractivity (Wildman–Crippen MR) is 94.5 cm³/mol. The second-order valence-electron chi connectivity index (χ2n) is 4.93. The number of carbonyl (C=O) groups excluding carboxylic acids is 2. The number of thioether (sulfide) groups is 1. The number of benzene rings is 2. The number of hydrogen-bond donors (Lipinski definition) is 1. The smallest absolute Gasteiger partial charge is 0.307 e. The molecule has 0 aliphatic heterocycles. The lowest BCUT2D eigenvalue weighted by atomic mass is 10.3. The number of nitro groups is 1. The molecular weight excluding hydrogens is 344 g/mol. The minimum absolute atomic E-state index is 0.132. The van der Waals surface area contributed by atoms with Gasteiger partial charge in [0.15, 0.2) is 6.61 Å². The normalized spacial score (nSPS) is 10.1. The van der Waals surface area contributed by atoms with Crippen LogP contribution in [0.3, 0.4) is 0 Å². The summed E-state index contributed by atoms with van der Waals surface area (Å²) >= 11 is 1.52. The van der Waals surface area contributed by atoms with E-state index in [4.69, 9.17) is 4.74 Å². The van der Waals surface area contributed by atoms with E-state index in [-0.39, 0.29) is 17.8 Å². The fourth-order valence-corrected chi connectivity index (χ4v) is 2.74. The number of ether oxygens (including phenoxy) is 1. The lowest BCUT2D eigenvalue weighted by Crippen LogP contribution is -2.21. The summed E-state index contributed by atoms with van der Waals surface area (Å²) in [5, 5.41) is 13.1. The SMILES string of the molecule is O=C(COC(=O)CCSc1ccccc1)Nc1cccc([N+](=O)[O-])c1. The van der Waals surface area contributed by atoms with Gasteiger partial charge in [-0.05, 0) is 18.2 Å². The molecule has 7 nitrogen and oxygen atoms in total. The molecular formula is C17H16N2O5S. The summed E-state index contributed by atoms with van der Waals surface area (Å²) in [7, 11) is 0. The molecule has 1 N–H and O–H groups in total. The first-order valence-corrected chi connectivity index (χ1v) is 8.41. The molecule has 8 heteroatoms. The molecule has 0 heterocycles. The van der Waals surface area contributed by atoms with Crippen LogP contribution in [0.5, 0.6) is 0 Å². The van der Waals surface area contributed by atoms with Crippen LogP contribution in [-0.4, -0.2) is 29.2 Å². The van der Waals surface area contributed by atoms with Crippen molar-refractivity contribution in [3.63, 3.8) is 0 Å². The zero-order valence-corrected chi connectivity index (χ0v) is 14.0. The topological polar surface area (TPSA) is 98.5 Å². The van der Waals surface area contributed by atoms with Crippen LogP contribution >= 0.6 is 11.8 Å². The van der Waals surface area contributed by atoms with Crippen LogP contribution in [0.25, 0.3) is 0 Å². The maximum atomic E-state index is 11.7. The van der Waals surface area contributed by atoms with Gasteiger partial charge in [-0.25, -0.2) is 0 Å². The van der Waals surface area contributed by atoms with E-state index in [1.54, 1.807) is 0 Å². The quantitative estimate of drug-likeness (QED) is 0.336. The number of anilines is 1. The number of non-ortho nitro benzene ring substituents is 1. The Hall–Kier alpha value is -2.87. The Bertz CT molecular complexity index is 752. The summed E-state index contributed by atoms with van der Waals surface area (Å²) in [5.74, 6) is -0.475. The molecule has 25 heavy (non-hydrogen) atoms. The van der Waals surface area contributed by atoms with E-state index in [0.717, 1.165) is 4.90 Å². The first-order valence-electron chi connectivity index (χ1n) is 7.42. The molecule has 0 saturated carbocycles. The van der Waals surface area contributed by atoms with Crippen molar-refractivity contribution in [1.82, 2.24) is 0 Å². The predicted octanol–water partition coefficient (Wildman–Crippen LogP) is 3.26. The largest absolute Gasteiger partial charge is 0.456 e.